The van der Waals surface area contributed by atoms with Crippen LogP contribution in [0.25, 0.3) is 10.2 Å². The number of non-ortho nitro benzene ring substituents is 1. The van der Waals surface area contributed by atoms with Crippen LogP contribution in [-0.2, 0) is 16.6 Å². The molecule has 3 rings (SSSR count). The standard InChI is InChI=1S/C21H20N4O5S2/c1-5-12-24-18-13-16(25(27)28)8-11-19(18)31-21(24)22-20(26)15-6-9-17(10-7-15)32(29,30)23(4)14(2)3/h1,6-11,13-14H,12H2,2-4H3. The first-order chi connectivity index (χ1) is 15.1. The number of carbonyl (C=O) groups excluding carboxylic acids is 1. The van der Waals surface area contributed by atoms with Gasteiger partial charge in [-0.3, -0.25) is 14.9 Å². The van der Waals surface area contributed by atoms with E-state index in [1.165, 1.54) is 59.1 Å². The third kappa shape index (κ3) is 4.47. The molecule has 1 heterocycles. The molecule has 0 fully saturated rings. The number of benzene rings is 2. The number of hydrogen-bond acceptors (Lipinski definition) is 6. The molecule has 0 bridgehead atoms. The van der Waals surface area contributed by atoms with Gasteiger partial charge in [0, 0.05) is 30.8 Å². The number of fused-ring (bicyclic) bond motifs is 1. The molecule has 11 heteroatoms. The maximum atomic E-state index is 12.7. The summed E-state index contributed by atoms with van der Waals surface area (Å²) in [6.07, 6.45) is 5.43. The molecule has 9 nitrogen and oxygen atoms in total. The fraction of sp³-hybridized carbons (Fsp3) is 0.238. The topological polar surface area (TPSA) is 115 Å². The number of thiazole rings is 1. The highest BCUT2D eigenvalue weighted by molar-refractivity contribution is 7.89. The lowest BCUT2D eigenvalue weighted by atomic mass is 10.2. The van der Waals surface area contributed by atoms with Crippen LogP contribution in [0, 0.1) is 22.5 Å². The lowest BCUT2D eigenvalue weighted by molar-refractivity contribution is -0.384. The van der Waals surface area contributed by atoms with Crippen LogP contribution < -0.4 is 4.80 Å². The number of nitro groups is 1. The number of aromatic nitrogens is 1. The molecule has 0 unspecified atom stereocenters. The van der Waals surface area contributed by atoms with E-state index in [4.69, 9.17) is 6.42 Å². The third-order valence-corrected chi connectivity index (χ3v) is 7.94. The second kappa shape index (κ2) is 9.04. The highest BCUT2D eigenvalue weighted by Crippen LogP contribution is 2.23. The van der Waals surface area contributed by atoms with Crippen LogP contribution in [0.3, 0.4) is 0 Å². The third-order valence-electron chi connectivity index (χ3n) is 4.83. The average molecular weight is 473 g/mol. The monoisotopic (exact) mass is 472 g/mol. The molecule has 32 heavy (non-hydrogen) atoms. The number of nitro benzene ring substituents is 1. The number of hydrogen-bond donors (Lipinski definition) is 0. The van der Waals surface area contributed by atoms with Crippen molar-refractivity contribution in [2.75, 3.05) is 7.05 Å². The zero-order chi connectivity index (χ0) is 23.6. The van der Waals surface area contributed by atoms with Gasteiger partial charge < -0.3 is 4.57 Å². The summed E-state index contributed by atoms with van der Waals surface area (Å²) in [4.78, 5) is 27.8. The highest BCUT2D eigenvalue weighted by Gasteiger charge is 2.23. The SMILES string of the molecule is C#CCn1c(=NC(=O)c2ccc(S(=O)(=O)N(C)C(C)C)cc2)sc2ccc([N+](=O)[O-])cc21. The van der Waals surface area contributed by atoms with Crippen molar-refractivity contribution in [2.45, 2.75) is 31.3 Å². The predicted octanol–water partition coefficient (Wildman–Crippen LogP) is 3.01. The summed E-state index contributed by atoms with van der Waals surface area (Å²) in [5.41, 5.74) is 0.612. The van der Waals surface area contributed by atoms with Crippen molar-refractivity contribution < 1.29 is 18.1 Å². The molecule has 0 N–H and O–H groups in total. The van der Waals surface area contributed by atoms with Crippen LogP contribution in [0.2, 0.25) is 0 Å². The van der Waals surface area contributed by atoms with Gasteiger partial charge in [0.15, 0.2) is 4.80 Å². The zero-order valence-electron chi connectivity index (χ0n) is 17.5. The summed E-state index contributed by atoms with van der Waals surface area (Å²) >= 11 is 1.18. The van der Waals surface area contributed by atoms with Gasteiger partial charge in [-0.15, -0.1) is 6.42 Å². The number of terminal acetylenes is 1. The Hall–Kier alpha value is -3.33. The number of carbonyl (C=O) groups is 1. The van der Waals surface area contributed by atoms with Gasteiger partial charge in [-0.05, 0) is 44.2 Å². The molecule has 166 valence electrons. The number of sulfonamides is 1. The van der Waals surface area contributed by atoms with Crippen molar-refractivity contribution in [1.82, 2.24) is 8.87 Å². The minimum atomic E-state index is -3.67. The number of nitrogens with zero attached hydrogens (tertiary/aromatic N) is 4. The molecule has 1 aromatic heterocycles. The molecular weight excluding hydrogens is 452 g/mol. The van der Waals surface area contributed by atoms with Crippen LogP contribution in [-0.4, -0.2) is 41.2 Å². The van der Waals surface area contributed by atoms with Gasteiger partial charge in [0.05, 0.1) is 26.6 Å². The van der Waals surface area contributed by atoms with Crippen molar-refractivity contribution in [1.29, 1.82) is 0 Å². The van der Waals surface area contributed by atoms with E-state index in [1.54, 1.807) is 24.5 Å². The van der Waals surface area contributed by atoms with Crippen LogP contribution in [0.1, 0.15) is 24.2 Å². The Morgan fingerprint density at radius 3 is 2.50 bits per heavy atom. The molecule has 0 aliphatic rings. The average Bonchev–Trinajstić information content (AvgIpc) is 3.09. The molecule has 0 saturated carbocycles. The van der Waals surface area contributed by atoms with Crippen LogP contribution in [0.4, 0.5) is 5.69 Å². The van der Waals surface area contributed by atoms with Crippen LogP contribution in [0.15, 0.2) is 52.4 Å². The molecular formula is C21H20N4O5S2. The maximum Gasteiger partial charge on any atom is 0.279 e. The summed E-state index contributed by atoms with van der Waals surface area (Å²) in [5.74, 6) is 1.88. The second-order valence-corrected chi connectivity index (χ2v) is 10.1. The Morgan fingerprint density at radius 2 is 1.94 bits per heavy atom. The Kier molecular flexibility index (Phi) is 6.59. The fourth-order valence-corrected chi connectivity index (χ4v) is 5.24. The molecule has 0 aliphatic carbocycles. The van der Waals surface area contributed by atoms with Gasteiger partial charge in [-0.2, -0.15) is 9.30 Å². The lowest BCUT2D eigenvalue weighted by Gasteiger charge is -2.20. The molecule has 0 spiro atoms. The van der Waals surface area contributed by atoms with E-state index in [-0.39, 0.29) is 28.7 Å². The largest absolute Gasteiger partial charge is 0.304 e. The Labute approximate surface area is 188 Å². The highest BCUT2D eigenvalue weighted by atomic mass is 32.2. The van der Waals surface area contributed by atoms with E-state index in [1.807, 2.05) is 0 Å². The van der Waals surface area contributed by atoms with Crippen molar-refractivity contribution >= 4 is 43.2 Å². The molecule has 1 amide bonds. The minimum absolute atomic E-state index is 0.0711. The summed E-state index contributed by atoms with van der Waals surface area (Å²) in [6, 6.07) is 9.65. The van der Waals surface area contributed by atoms with E-state index < -0.39 is 20.9 Å². The maximum absolute atomic E-state index is 12.7. The van der Waals surface area contributed by atoms with E-state index in [0.717, 1.165) is 0 Å². The summed E-state index contributed by atoms with van der Waals surface area (Å²) < 4.78 is 28.7. The van der Waals surface area contributed by atoms with Crippen molar-refractivity contribution in [3.05, 3.63) is 62.9 Å². The summed E-state index contributed by atoms with van der Waals surface area (Å²) in [7, 11) is -2.18. The van der Waals surface area contributed by atoms with Crippen LogP contribution >= 0.6 is 11.3 Å². The van der Waals surface area contributed by atoms with Gasteiger partial charge in [0.2, 0.25) is 10.0 Å². The molecule has 3 aromatic rings. The lowest BCUT2D eigenvalue weighted by Crippen LogP contribution is -2.33. The van der Waals surface area contributed by atoms with E-state index in [0.29, 0.717) is 15.0 Å². The minimum Gasteiger partial charge on any atom is -0.304 e. The molecule has 0 aliphatic heterocycles. The van der Waals surface area contributed by atoms with E-state index in [2.05, 4.69) is 10.9 Å². The van der Waals surface area contributed by atoms with Crippen LogP contribution in [0.5, 0.6) is 0 Å². The number of rotatable bonds is 6. The molecule has 0 radical (unpaired) electrons. The van der Waals surface area contributed by atoms with Gasteiger partial charge in [0.25, 0.3) is 11.6 Å². The molecule has 0 atom stereocenters. The first-order valence-corrected chi connectivity index (χ1v) is 11.7. The van der Waals surface area contributed by atoms with Crippen molar-refractivity contribution in [3.8, 4) is 12.3 Å². The van der Waals surface area contributed by atoms with Gasteiger partial charge >= 0.3 is 0 Å². The van der Waals surface area contributed by atoms with E-state index in [9.17, 15) is 23.3 Å². The normalized spacial score (nSPS) is 12.4. The molecule has 0 saturated heterocycles. The smallest absolute Gasteiger partial charge is 0.279 e. The van der Waals surface area contributed by atoms with Gasteiger partial charge in [0.1, 0.15) is 0 Å². The predicted molar refractivity (Wildman–Crippen MR) is 122 cm³/mol. The quantitative estimate of drug-likeness (QED) is 0.311. The Bertz CT molecular complexity index is 1410. The first-order valence-electron chi connectivity index (χ1n) is 9.44. The van der Waals surface area contributed by atoms with Crippen molar-refractivity contribution in [3.63, 3.8) is 0 Å². The zero-order valence-corrected chi connectivity index (χ0v) is 19.2. The number of amides is 1. The summed E-state index contributed by atoms with van der Waals surface area (Å²) in [6.45, 7) is 3.60. The van der Waals surface area contributed by atoms with Crippen molar-refractivity contribution in [2.24, 2.45) is 4.99 Å². The molecule has 2 aromatic carbocycles. The van der Waals surface area contributed by atoms with Gasteiger partial charge in [-0.1, -0.05) is 17.3 Å². The van der Waals surface area contributed by atoms with Gasteiger partial charge in [-0.25, -0.2) is 8.42 Å². The second-order valence-electron chi connectivity index (χ2n) is 7.14. The fourth-order valence-electron chi connectivity index (χ4n) is 2.87. The first kappa shape index (κ1) is 23.3. The summed E-state index contributed by atoms with van der Waals surface area (Å²) in [5, 5.41) is 11.1. The Balaban J connectivity index is 2.02. The van der Waals surface area contributed by atoms with E-state index >= 15 is 0 Å². The Morgan fingerprint density at radius 1 is 1.28 bits per heavy atom.